The fourth-order valence-corrected chi connectivity index (χ4v) is 5.88. The number of carbonyl (C=O) groups excluding carboxylic acids is 1. The average molecular weight is 435 g/mol. The third-order valence-corrected chi connectivity index (χ3v) is 7.78. The van der Waals surface area contributed by atoms with Crippen LogP contribution in [0.5, 0.6) is 5.75 Å². The number of ether oxygens (including phenoxy) is 1. The lowest BCUT2D eigenvalue weighted by Gasteiger charge is -2.25. The molecule has 0 saturated carbocycles. The number of piperidine rings is 1. The number of hydrogen-bond donors (Lipinski definition) is 1. The first-order valence-electron chi connectivity index (χ1n) is 9.31. The van der Waals surface area contributed by atoms with Gasteiger partial charge in [0.15, 0.2) is 5.13 Å². The highest BCUT2D eigenvalue weighted by Gasteiger charge is 2.28. The van der Waals surface area contributed by atoms with Gasteiger partial charge in [-0.05, 0) is 37.1 Å². The summed E-state index contributed by atoms with van der Waals surface area (Å²) in [6.45, 7) is 1.04. The predicted molar refractivity (Wildman–Crippen MR) is 112 cm³/mol. The molecule has 1 aliphatic rings. The second-order valence-corrected chi connectivity index (χ2v) is 9.91. The van der Waals surface area contributed by atoms with Crippen LogP contribution in [0.15, 0.2) is 35.4 Å². The number of amides is 1. The zero-order chi connectivity index (χ0) is 20.6. The molecule has 10 heteroatoms. The summed E-state index contributed by atoms with van der Waals surface area (Å²) in [6, 6.07) is 6.92. The van der Waals surface area contributed by atoms with Crippen LogP contribution >= 0.6 is 11.3 Å². The molecule has 1 amide bonds. The Morgan fingerprint density at radius 2 is 1.97 bits per heavy atom. The molecule has 1 N–H and O–H groups in total. The number of thiazole rings is 1. The van der Waals surface area contributed by atoms with E-state index in [1.54, 1.807) is 14.2 Å². The van der Waals surface area contributed by atoms with Crippen molar-refractivity contribution in [3.63, 3.8) is 0 Å². The van der Waals surface area contributed by atoms with Gasteiger partial charge in [0.2, 0.25) is 10.0 Å². The van der Waals surface area contributed by atoms with Crippen molar-refractivity contribution in [1.29, 1.82) is 0 Å². The molecule has 0 aliphatic carbocycles. The van der Waals surface area contributed by atoms with Crippen molar-refractivity contribution in [3.8, 4) is 5.75 Å². The maximum absolute atomic E-state index is 12.9. The van der Waals surface area contributed by atoms with E-state index in [0.717, 1.165) is 29.5 Å². The van der Waals surface area contributed by atoms with Gasteiger partial charge in [0.1, 0.15) is 16.3 Å². The monoisotopic (exact) mass is 434 g/mol. The van der Waals surface area contributed by atoms with Crippen molar-refractivity contribution in [1.82, 2.24) is 13.9 Å². The number of hydrogen-bond acceptors (Lipinski definition) is 6. The van der Waals surface area contributed by atoms with Crippen molar-refractivity contribution >= 4 is 42.6 Å². The van der Waals surface area contributed by atoms with Crippen LogP contribution in [0.1, 0.15) is 29.8 Å². The largest absolute Gasteiger partial charge is 0.497 e. The van der Waals surface area contributed by atoms with Crippen LogP contribution in [-0.4, -0.2) is 48.4 Å². The summed E-state index contributed by atoms with van der Waals surface area (Å²) < 4.78 is 34.9. The molecule has 29 heavy (non-hydrogen) atoms. The Morgan fingerprint density at radius 1 is 1.21 bits per heavy atom. The van der Waals surface area contributed by atoms with E-state index >= 15 is 0 Å². The molecule has 3 heterocycles. The minimum absolute atomic E-state index is 0.140. The molecular weight excluding hydrogens is 412 g/mol. The molecule has 0 bridgehead atoms. The maximum Gasteiger partial charge on any atom is 0.274 e. The van der Waals surface area contributed by atoms with Crippen molar-refractivity contribution in [2.45, 2.75) is 24.2 Å². The molecule has 4 rings (SSSR count). The molecular formula is C19H22N4O4S2. The van der Waals surface area contributed by atoms with Gasteiger partial charge in [-0.25, -0.2) is 13.4 Å². The molecule has 2 aromatic heterocycles. The molecule has 0 spiro atoms. The molecule has 0 radical (unpaired) electrons. The highest BCUT2D eigenvalue weighted by Crippen LogP contribution is 2.30. The summed E-state index contributed by atoms with van der Waals surface area (Å²) in [5.74, 6) is 0.313. The standard InChI is InChI=1S/C19H22N4O4S2/c1-22-12-14(29(25,26)23-8-4-3-5-9-23)11-16(22)18(24)21-19-20-15-7-6-13(27-2)10-17(15)28-19/h6-7,10-12H,3-5,8-9H2,1-2H3,(H,20,21,24). The molecule has 0 atom stereocenters. The van der Waals surface area contributed by atoms with Crippen LogP contribution in [0.25, 0.3) is 10.2 Å². The number of methoxy groups -OCH3 is 1. The first-order chi connectivity index (χ1) is 13.9. The van der Waals surface area contributed by atoms with Crippen LogP contribution < -0.4 is 10.1 Å². The lowest BCUT2D eigenvalue weighted by Crippen LogP contribution is -2.35. The number of sulfonamides is 1. The lowest BCUT2D eigenvalue weighted by molar-refractivity contribution is 0.101. The van der Waals surface area contributed by atoms with Gasteiger partial charge in [-0.15, -0.1) is 0 Å². The number of anilines is 1. The zero-order valence-corrected chi connectivity index (χ0v) is 17.8. The quantitative estimate of drug-likeness (QED) is 0.666. The minimum atomic E-state index is -3.59. The normalized spacial score (nSPS) is 15.5. The summed E-state index contributed by atoms with van der Waals surface area (Å²) in [7, 11) is -0.340. The maximum atomic E-state index is 12.9. The summed E-state index contributed by atoms with van der Waals surface area (Å²) in [4.78, 5) is 17.3. The summed E-state index contributed by atoms with van der Waals surface area (Å²) in [5, 5.41) is 3.21. The average Bonchev–Trinajstić information content (AvgIpc) is 3.31. The number of aryl methyl sites for hydroxylation is 1. The third kappa shape index (κ3) is 3.87. The van der Waals surface area contributed by atoms with Crippen LogP contribution in [0, 0.1) is 0 Å². The Labute approximate surface area is 173 Å². The van der Waals surface area contributed by atoms with Gasteiger partial charge < -0.3 is 9.30 Å². The Hall–Kier alpha value is -2.43. The topological polar surface area (TPSA) is 93.5 Å². The molecule has 154 valence electrons. The van der Waals surface area contributed by atoms with E-state index in [2.05, 4.69) is 10.3 Å². The summed E-state index contributed by atoms with van der Waals surface area (Å²) in [6.07, 6.45) is 4.26. The summed E-state index contributed by atoms with van der Waals surface area (Å²) >= 11 is 1.33. The van der Waals surface area contributed by atoms with Crippen molar-refractivity contribution < 1.29 is 17.9 Å². The van der Waals surface area contributed by atoms with Gasteiger partial charge in [-0.1, -0.05) is 17.8 Å². The smallest absolute Gasteiger partial charge is 0.274 e. The Morgan fingerprint density at radius 3 is 2.69 bits per heavy atom. The first-order valence-corrected chi connectivity index (χ1v) is 11.6. The van der Waals surface area contributed by atoms with Crippen LogP contribution in [0.2, 0.25) is 0 Å². The Kier molecular flexibility index (Phi) is 5.32. The van der Waals surface area contributed by atoms with E-state index in [1.165, 1.54) is 32.5 Å². The van der Waals surface area contributed by atoms with Gasteiger partial charge in [0.05, 0.1) is 17.3 Å². The first kappa shape index (κ1) is 19.9. The SMILES string of the molecule is COc1ccc2nc(NC(=O)c3cc(S(=O)(=O)N4CCCCC4)cn3C)sc2c1. The molecule has 8 nitrogen and oxygen atoms in total. The lowest BCUT2D eigenvalue weighted by atomic mass is 10.2. The van der Waals surface area contributed by atoms with Gasteiger partial charge in [-0.2, -0.15) is 4.31 Å². The van der Waals surface area contributed by atoms with E-state index in [-0.39, 0.29) is 10.6 Å². The fraction of sp³-hybridized carbons (Fsp3) is 0.368. The van der Waals surface area contributed by atoms with Crippen molar-refractivity contribution in [3.05, 3.63) is 36.2 Å². The van der Waals surface area contributed by atoms with Crippen molar-refractivity contribution in [2.24, 2.45) is 7.05 Å². The zero-order valence-electron chi connectivity index (χ0n) is 16.2. The number of nitrogens with one attached hydrogen (secondary N) is 1. The fourth-order valence-electron chi connectivity index (χ4n) is 3.40. The van der Waals surface area contributed by atoms with Crippen LogP contribution in [0.4, 0.5) is 5.13 Å². The van der Waals surface area contributed by atoms with E-state index in [1.807, 2.05) is 18.2 Å². The molecule has 3 aromatic rings. The van der Waals surface area contributed by atoms with E-state index in [9.17, 15) is 13.2 Å². The highest BCUT2D eigenvalue weighted by atomic mass is 32.2. The predicted octanol–water partition coefficient (Wildman–Crippen LogP) is 3.07. The van der Waals surface area contributed by atoms with E-state index < -0.39 is 15.9 Å². The number of aromatic nitrogens is 2. The molecule has 1 aliphatic heterocycles. The number of rotatable bonds is 5. The molecule has 0 unspecified atom stereocenters. The van der Waals surface area contributed by atoms with E-state index in [0.29, 0.717) is 24.0 Å². The number of nitrogens with zero attached hydrogens (tertiary/aromatic N) is 3. The van der Waals surface area contributed by atoms with Crippen LogP contribution in [0.3, 0.4) is 0 Å². The third-order valence-electron chi connectivity index (χ3n) is 4.98. The van der Waals surface area contributed by atoms with Gasteiger partial charge in [0, 0.05) is 26.3 Å². The molecule has 1 saturated heterocycles. The van der Waals surface area contributed by atoms with Crippen LogP contribution in [-0.2, 0) is 17.1 Å². The van der Waals surface area contributed by atoms with E-state index in [4.69, 9.17) is 4.74 Å². The number of fused-ring (bicyclic) bond motifs is 1. The molecule has 1 aromatic carbocycles. The van der Waals surface area contributed by atoms with Crippen molar-refractivity contribution in [2.75, 3.05) is 25.5 Å². The summed E-state index contributed by atoms with van der Waals surface area (Å²) in [5.41, 5.74) is 1.02. The highest BCUT2D eigenvalue weighted by molar-refractivity contribution is 7.89. The number of carbonyl (C=O) groups is 1. The second kappa shape index (κ2) is 7.77. The van der Waals surface area contributed by atoms with Gasteiger partial charge in [-0.3, -0.25) is 10.1 Å². The second-order valence-electron chi connectivity index (χ2n) is 6.94. The van der Waals surface area contributed by atoms with Gasteiger partial charge >= 0.3 is 0 Å². The Bertz CT molecular complexity index is 1160. The van der Waals surface area contributed by atoms with Gasteiger partial charge in [0.25, 0.3) is 5.91 Å². The number of benzene rings is 1. The minimum Gasteiger partial charge on any atom is -0.497 e. The Balaban J connectivity index is 1.56. The molecule has 1 fully saturated rings.